The van der Waals surface area contributed by atoms with E-state index in [2.05, 4.69) is 31.0 Å². The first-order valence-electron chi connectivity index (χ1n) is 8.38. The molecular weight excluding hydrogens is 346 g/mol. The lowest BCUT2D eigenvalue weighted by molar-refractivity contribution is 0.949. The van der Waals surface area contributed by atoms with Gasteiger partial charge in [-0.1, -0.05) is 29.8 Å². The molecule has 26 heavy (non-hydrogen) atoms. The maximum absolute atomic E-state index is 12.9. The van der Waals surface area contributed by atoms with E-state index in [9.17, 15) is 4.79 Å². The molecule has 2 aromatic heterocycles. The smallest absolute Gasteiger partial charge is 0.298 e. The number of rotatable bonds is 2. The topological polar surface area (TPSA) is 39.3 Å². The van der Waals surface area contributed by atoms with Gasteiger partial charge in [-0.15, -0.1) is 0 Å². The van der Waals surface area contributed by atoms with E-state index in [1.165, 1.54) is 11.1 Å². The molecule has 0 atom stereocenters. The van der Waals surface area contributed by atoms with E-state index >= 15 is 0 Å². The zero-order chi connectivity index (χ0) is 18.4. The molecule has 0 bridgehead atoms. The molecule has 0 aliphatic carbocycles. The molecule has 2 heterocycles. The summed E-state index contributed by atoms with van der Waals surface area (Å²) in [7, 11) is 0. The van der Waals surface area contributed by atoms with E-state index in [0.29, 0.717) is 10.7 Å². The van der Waals surface area contributed by atoms with E-state index < -0.39 is 0 Å². The minimum Gasteiger partial charge on any atom is -0.300 e. The zero-order valence-electron chi connectivity index (χ0n) is 14.8. The SMILES string of the molecule is Cc1ccc(-c2cn3ccn(-c4ccc(C)c(Cl)c4)c(=O)c3n2)cc1C. The van der Waals surface area contributed by atoms with Gasteiger partial charge in [0.05, 0.1) is 11.4 Å². The van der Waals surface area contributed by atoms with Crippen LogP contribution in [0.2, 0.25) is 5.02 Å². The van der Waals surface area contributed by atoms with E-state index in [1.807, 2.05) is 37.5 Å². The molecule has 0 saturated carbocycles. The van der Waals surface area contributed by atoms with Crippen molar-refractivity contribution in [3.8, 4) is 16.9 Å². The number of aryl methyl sites for hydroxylation is 3. The Kier molecular flexibility index (Phi) is 3.93. The molecule has 0 saturated heterocycles. The van der Waals surface area contributed by atoms with Crippen LogP contribution in [0.25, 0.3) is 22.6 Å². The number of fused-ring (bicyclic) bond motifs is 1. The summed E-state index contributed by atoms with van der Waals surface area (Å²) in [5.74, 6) is 0. The molecule has 0 fully saturated rings. The average molecular weight is 364 g/mol. The summed E-state index contributed by atoms with van der Waals surface area (Å²) in [6.45, 7) is 6.08. The predicted molar refractivity (Wildman–Crippen MR) is 105 cm³/mol. The molecule has 0 amide bonds. The molecule has 0 aliphatic heterocycles. The van der Waals surface area contributed by atoms with Crippen molar-refractivity contribution in [1.29, 1.82) is 0 Å². The van der Waals surface area contributed by atoms with Crippen LogP contribution in [0, 0.1) is 20.8 Å². The normalized spacial score (nSPS) is 11.2. The number of benzene rings is 2. The number of hydrogen-bond donors (Lipinski definition) is 0. The second-order valence-electron chi connectivity index (χ2n) is 6.56. The predicted octanol–water partition coefficient (Wildman–Crippen LogP) is 4.73. The third-order valence-electron chi connectivity index (χ3n) is 4.75. The summed E-state index contributed by atoms with van der Waals surface area (Å²) in [6.07, 6.45) is 5.46. The largest absolute Gasteiger partial charge is 0.300 e. The molecule has 4 nitrogen and oxygen atoms in total. The van der Waals surface area contributed by atoms with Gasteiger partial charge in [0.2, 0.25) is 5.65 Å². The molecule has 0 spiro atoms. The van der Waals surface area contributed by atoms with Crippen LogP contribution >= 0.6 is 11.6 Å². The highest BCUT2D eigenvalue weighted by atomic mass is 35.5. The molecule has 5 heteroatoms. The molecule has 0 N–H and O–H groups in total. The lowest BCUT2D eigenvalue weighted by Gasteiger charge is -2.07. The van der Waals surface area contributed by atoms with Crippen LogP contribution in [-0.2, 0) is 0 Å². The van der Waals surface area contributed by atoms with E-state index in [0.717, 1.165) is 22.5 Å². The molecule has 0 unspecified atom stereocenters. The van der Waals surface area contributed by atoms with Crippen LogP contribution in [0.15, 0.2) is 59.8 Å². The fourth-order valence-corrected chi connectivity index (χ4v) is 3.13. The molecule has 130 valence electrons. The second kappa shape index (κ2) is 6.15. The van der Waals surface area contributed by atoms with Crippen LogP contribution in [-0.4, -0.2) is 14.0 Å². The third kappa shape index (κ3) is 2.72. The summed E-state index contributed by atoms with van der Waals surface area (Å²) in [5.41, 5.74) is 6.12. The third-order valence-corrected chi connectivity index (χ3v) is 5.16. The summed E-state index contributed by atoms with van der Waals surface area (Å²) in [5, 5.41) is 0.633. The Hall–Kier alpha value is -2.85. The molecule has 4 rings (SSSR count). The number of hydrogen-bond acceptors (Lipinski definition) is 2. The van der Waals surface area contributed by atoms with Gasteiger partial charge in [-0.25, -0.2) is 4.98 Å². The lowest BCUT2D eigenvalue weighted by Crippen LogP contribution is -2.19. The fourth-order valence-electron chi connectivity index (χ4n) is 2.95. The van der Waals surface area contributed by atoms with Crippen molar-refractivity contribution in [2.24, 2.45) is 0 Å². The Bertz CT molecular complexity index is 1200. The number of imidazole rings is 1. The number of nitrogens with zero attached hydrogens (tertiary/aromatic N) is 3. The van der Waals surface area contributed by atoms with E-state index in [-0.39, 0.29) is 5.56 Å². The highest BCUT2D eigenvalue weighted by Gasteiger charge is 2.11. The van der Waals surface area contributed by atoms with Crippen LogP contribution < -0.4 is 5.56 Å². The first-order chi connectivity index (χ1) is 12.4. The number of aromatic nitrogens is 3. The van der Waals surface area contributed by atoms with Gasteiger partial charge >= 0.3 is 0 Å². The molecule has 0 aliphatic rings. The van der Waals surface area contributed by atoms with Crippen molar-refractivity contribution >= 4 is 17.2 Å². The Morgan fingerprint density at radius 2 is 1.69 bits per heavy atom. The average Bonchev–Trinajstić information content (AvgIpc) is 3.05. The highest BCUT2D eigenvalue weighted by molar-refractivity contribution is 6.31. The Balaban J connectivity index is 1.87. The maximum Gasteiger partial charge on any atom is 0.298 e. The van der Waals surface area contributed by atoms with Crippen LogP contribution in [0.1, 0.15) is 16.7 Å². The summed E-state index contributed by atoms with van der Waals surface area (Å²) in [4.78, 5) is 17.5. The minimum atomic E-state index is -0.178. The zero-order valence-corrected chi connectivity index (χ0v) is 15.6. The minimum absolute atomic E-state index is 0.178. The Labute approximate surface area is 156 Å². The fraction of sp³-hybridized carbons (Fsp3) is 0.143. The van der Waals surface area contributed by atoms with Crippen molar-refractivity contribution in [2.45, 2.75) is 20.8 Å². The van der Waals surface area contributed by atoms with Crippen molar-refractivity contribution in [1.82, 2.24) is 14.0 Å². The standard InChI is InChI=1S/C21H18ClN3O/c1-13-4-6-16(10-15(13)3)19-12-24-8-9-25(21(26)20(24)23-19)17-7-5-14(2)18(22)11-17/h4-12H,1-3H3. The summed E-state index contributed by atoms with van der Waals surface area (Å²) < 4.78 is 3.33. The molecule has 2 aromatic carbocycles. The van der Waals surface area contributed by atoms with E-state index in [1.54, 1.807) is 21.2 Å². The van der Waals surface area contributed by atoms with Crippen LogP contribution in [0.3, 0.4) is 0 Å². The van der Waals surface area contributed by atoms with Crippen molar-refractivity contribution < 1.29 is 0 Å². The van der Waals surface area contributed by atoms with Gasteiger partial charge in [0.25, 0.3) is 5.56 Å². The van der Waals surface area contributed by atoms with Gasteiger partial charge in [-0.05, 0) is 55.7 Å². The summed E-state index contributed by atoms with van der Waals surface area (Å²) >= 11 is 6.21. The van der Waals surface area contributed by atoms with Crippen molar-refractivity contribution in [3.05, 3.63) is 87.1 Å². The lowest BCUT2D eigenvalue weighted by atomic mass is 10.1. The van der Waals surface area contributed by atoms with Gasteiger partial charge in [0, 0.05) is 29.2 Å². The Morgan fingerprint density at radius 3 is 2.42 bits per heavy atom. The molecule has 0 radical (unpaired) electrons. The first-order valence-corrected chi connectivity index (χ1v) is 8.76. The second-order valence-corrected chi connectivity index (χ2v) is 6.97. The van der Waals surface area contributed by atoms with Crippen LogP contribution in [0.5, 0.6) is 0 Å². The number of halogens is 1. The first kappa shape index (κ1) is 16.6. The monoisotopic (exact) mass is 363 g/mol. The quantitative estimate of drug-likeness (QED) is 0.516. The maximum atomic E-state index is 12.9. The molecule has 4 aromatic rings. The molecular formula is C21H18ClN3O. The Morgan fingerprint density at radius 1 is 0.923 bits per heavy atom. The van der Waals surface area contributed by atoms with Gasteiger partial charge in [0.1, 0.15) is 0 Å². The van der Waals surface area contributed by atoms with Crippen LogP contribution in [0.4, 0.5) is 0 Å². The van der Waals surface area contributed by atoms with Gasteiger partial charge < -0.3 is 4.40 Å². The van der Waals surface area contributed by atoms with Crippen molar-refractivity contribution in [3.63, 3.8) is 0 Å². The summed E-state index contributed by atoms with van der Waals surface area (Å²) in [6, 6.07) is 11.8. The van der Waals surface area contributed by atoms with Crippen molar-refractivity contribution in [2.75, 3.05) is 0 Å². The van der Waals surface area contributed by atoms with Gasteiger partial charge in [-0.2, -0.15) is 0 Å². The van der Waals surface area contributed by atoms with E-state index in [4.69, 9.17) is 11.6 Å². The highest BCUT2D eigenvalue weighted by Crippen LogP contribution is 2.22. The van der Waals surface area contributed by atoms with Gasteiger partial charge in [0.15, 0.2) is 0 Å². The van der Waals surface area contributed by atoms with Gasteiger partial charge in [-0.3, -0.25) is 9.36 Å².